The van der Waals surface area contributed by atoms with Crippen molar-refractivity contribution in [2.24, 2.45) is 0 Å². The Kier molecular flexibility index (Phi) is 11.1. The van der Waals surface area contributed by atoms with Crippen molar-refractivity contribution >= 4 is 50.7 Å². The Bertz CT molecular complexity index is 1250. The van der Waals surface area contributed by atoms with Crippen molar-refractivity contribution < 1.29 is 27.5 Å². The zero-order valence-electron chi connectivity index (χ0n) is 22.4. The van der Waals surface area contributed by atoms with E-state index in [1.807, 2.05) is 13.8 Å². The smallest absolute Gasteiger partial charge is 0.242 e. The highest BCUT2D eigenvalue weighted by Gasteiger charge is 2.30. The van der Waals surface area contributed by atoms with Crippen LogP contribution in [0.3, 0.4) is 0 Å². The van der Waals surface area contributed by atoms with Gasteiger partial charge in [0.25, 0.3) is 0 Å². The van der Waals surface area contributed by atoms with Gasteiger partial charge in [0.15, 0.2) is 11.5 Å². The van der Waals surface area contributed by atoms with Gasteiger partial charge in [-0.2, -0.15) is 0 Å². The van der Waals surface area contributed by atoms with Gasteiger partial charge in [-0.1, -0.05) is 49.5 Å². The summed E-state index contributed by atoms with van der Waals surface area (Å²) < 4.78 is 37.1. The summed E-state index contributed by atoms with van der Waals surface area (Å²) in [4.78, 5) is 28.1. The number of unbranched alkanes of at least 4 members (excludes halogenated alkanes) is 1. The Morgan fingerprint density at radius 2 is 1.74 bits per heavy atom. The number of nitrogens with one attached hydrogen (secondary N) is 1. The maximum Gasteiger partial charge on any atom is 0.242 e. The first-order valence-corrected chi connectivity index (χ1v) is 15.5. The molecule has 0 fully saturated rings. The lowest BCUT2D eigenvalue weighted by molar-refractivity contribution is -0.141. The Labute approximate surface area is 240 Å². The van der Waals surface area contributed by atoms with Gasteiger partial charge in [-0.25, -0.2) is 8.42 Å². The number of rotatable bonds is 14. The second-order valence-electron chi connectivity index (χ2n) is 9.27. The summed E-state index contributed by atoms with van der Waals surface area (Å²) in [5, 5.41) is 3.70. The first-order valence-electron chi connectivity index (χ1n) is 12.9. The third kappa shape index (κ3) is 8.16. The molecule has 1 N–H and O–H groups in total. The zero-order chi connectivity index (χ0) is 28.6. The zero-order valence-corrected chi connectivity index (χ0v) is 24.7. The number of amides is 2. The number of ether oxygens (including phenoxy) is 2. The van der Waals surface area contributed by atoms with Crippen LogP contribution in [0, 0.1) is 0 Å². The van der Waals surface area contributed by atoms with Gasteiger partial charge in [0, 0.05) is 47.7 Å². The van der Waals surface area contributed by atoms with Crippen LogP contribution in [0.5, 0.6) is 11.5 Å². The third-order valence-corrected chi connectivity index (χ3v) is 8.30. The molecule has 1 heterocycles. The van der Waals surface area contributed by atoms with Crippen molar-refractivity contribution in [2.45, 2.75) is 58.5 Å². The normalized spacial score (nSPS) is 13.2. The minimum absolute atomic E-state index is 0.0113. The Balaban J connectivity index is 1.78. The summed E-state index contributed by atoms with van der Waals surface area (Å²) in [5.74, 6) is 0.446. The van der Waals surface area contributed by atoms with Crippen LogP contribution >= 0.6 is 23.2 Å². The number of carbonyl (C=O) groups is 2. The average molecular weight is 601 g/mol. The van der Waals surface area contributed by atoms with E-state index in [2.05, 4.69) is 5.32 Å². The maximum absolute atomic E-state index is 13.6. The molecule has 39 heavy (non-hydrogen) atoms. The predicted octanol–water partition coefficient (Wildman–Crippen LogP) is 4.99. The van der Waals surface area contributed by atoms with E-state index in [-0.39, 0.29) is 44.5 Å². The monoisotopic (exact) mass is 599 g/mol. The van der Waals surface area contributed by atoms with Gasteiger partial charge >= 0.3 is 0 Å². The molecular formula is C27H35Cl2N3O6S. The molecule has 0 aromatic heterocycles. The molecule has 0 saturated heterocycles. The third-order valence-electron chi connectivity index (χ3n) is 6.40. The van der Waals surface area contributed by atoms with Crippen LogP contribution in [0.1, 0.15) is 51.5 Å². The number of hydrogen-bond donors (Lipinski definition) is 1. The van der Waals surface area contributed by atoms with Crippen molar-refractivity contribution in [1.29, 1.82) is 0 Å². The van der Waals surface area contributed by atoms with E-state index in [1.165, 1.54) is 9.21 Å². The van der Waals surface area contributed by atoms with Gasteiger partial charge in [0.05, 0.1) is 11.9 Å². The molecule has 2 aromatic carbocycles. The van der Waals surface area contributed by atoms with Gasteiger partial charge in [0.2, 0.25) is 28.6 Å². The molecule has 1 aliphatic rings. The van der Waals surface area contributed by atoms with Gasteiger partial charge in [-0.3, -0.25) is 13.9 Å². The van der Waals surface area contributed by atoms with Crippen molar-refractivity contribution in [2.75, 3.05) is 30.4 Å². The number of nitrogens with zero attached hydrogens (tertiary/aromatic N) is 2. The molecule has 1 unspecified atom stereocenters. The van der Waals surface area contributed by atoms with Gasteiger partial charge in [0.1, 0.15) is 6.04 Å². The number of hydrogen-bond acceptors (Lipinski definition) is 6. The van der Waals surface area contributed by atoms with Crippen molar-refractivity contribution in [3.63, 3.8) is 0 Å². The Morgan fingerprint density at radius 3 is 2.38 bits per heavy atom. The van der Waals surface area contributed by atoms with Crippen molar-refractivity contribution in [3.8, 4) is 11.5 Å². The molecule has 1 aliphatic heterocycles. The number of sulfonamides is 1. The predicted molar refractivity (Wildman–Crippen MR) is 153 cm³/mol. The van der Waals surface area contributed by atoms with E-state index < -0.39 is 16.1 Å². The van der Waals surface area contributed by atoms with Crippen LogP contribution in [0.2, 0.25) is 10.0 Å². The highest BCUT2D eigenvalue weighted by Crippen LogP contribution is 2.36. The highest BCUT2D eigenvalue weighted by atomic mass is 35.5. The summed E-state index contributed by atoms with van der Waals surface area (Å²) in [7, 11) is -3.65. The lowest BCUT2D eigenvalue weighted by Crippen LogP contribution is -2.49. The Hall–Kier alpha value is -2.69. The van der Waals surface area contributed by atoms with E-state index in [9.17, 15) is 18.0 Å². The molecule has 12 heteroatoms. The molecule has 0 spiro atoms. The quantitative estimate of drug-likeness (QED) is 0.307. The molecule has 1 atom stereocenters. The summed E-state index contributed by atoms with van der Waals surface area (Å²) in [6.45, 7) is 4.56. The van der Waals surface area contributed by atoms with E-state index in [0.29, 0.717) is 45.8 Å². The second kappa shape index (κ2) is 14.1. The van der Waals surface area contributed by atoms with Crippen LogP contribution in [0.25, 0.3) is 0 Å². The summed E-state index contributed by atoms with van der Waals surface area (Å²) in [6, 6.07) is 9.23. The first-order chi connectivity index (χ1) is 18.6. The number of benzene rings is 2. The van der Waals surface area contributed by atoms with Crippen LogP contribution in [0.15, 0.2) is 36.4 Å². The number of carbonyl (C=O) groups excluding carboxylic acids is 2. The summed E-state index contributed by atoms with van der Waals surface area (Å²) in [6.07, 6.45) is 3.48. The second-order valence-corrected chi connectivity index (χ2v) is 12.0. The molecule has 2 amide bonds. The molecule has 214 valence electrons. The molecular weight excluding hydrogens is 565 g/mol. The molecule has 3 rings (SSSR count). The van der Waals surface area contributed by atoms with Gasteiger partial charge in [-0.05, 0) is 43.5 Å². The van der Waals surface area contributed by atoms with E-state index >= 15 is 0 Å². The standard InChI is InChI=1S/C27H35Cl2N3O6S/c1-4-6-14-30-27(34)23(5-2)31(17-20-21(28)9-7-10-22(20)29)26(33)11-8-15-32(39(3,35)36)19-12-13-24-25(16-19)38-18-37-24/h7,9-10,12-13,16,23H,4-6,8,11,14-15,17-18H2,1-3H3,(H,30,34). The number of halogens is 2. The summed E-state index contributed by atoms with van der Waals surface area (Å²) >= 11 is 12.8. The number of fused-ring (bicyclic) bond motifs is 1. The number of anilines is 1. The fraction of sp³-hybridized carbons (Fsp3) is 0.481. The van der Waals surface area contributed by atoms with Crippen molar-refractivity contribution in [3.05, 3.63) is 52.0 Å². The van der Waals surface area contributed by atoms with Crippen LogP contribution in [-0.2, 0) is 26.2 Å². The lowest BCUT2D eigenvalue weighted by atomic mass is 10.1. The van der Waals surface area contributed by atoms with Gasteiger partial charge < -0.3 is 19.7 Å². The molecule has 0 bridgehead atoms. The minimum atomic E-state index is -3.65. The van der Waals surface area contributed by atoms with Crippen LogP contribution in [0.4, 0.5) is 5.69 Å². The lowest BCUT2D eigenvalue weighted by Gasteiger charge is -2.31. The first kappa shape index (κ1) is 30.8. The molecule has 0 saturated carbocycles. The molecule has 0 radical (unpaired) electrons. The van der Waals surface area contributed by atoms with E-state index in [1.54, 1.807) is 36.4 Å². The minimum Gasteiger partial charge on any atom is -0.454 e. The summed E-state index contributed by atoms with van der Waals surface area (Å²) in [5.41, 5.74) is 0.961. The fourth-order valence-corrected chi connectivity index (χ4v) is 5.80. The van der Waals surface area contributed by atoms with Crippen LogP contribution < -0.4 is 19.1 Å². The fourth-order valence-electron chi connectivity index (χ4n) is 4.32. The Morgan fingerprint density at radius 1 is 1.05 bits per heavy atom. The van der Waals surface area contributed by atoms with E-state index in [4.69, 9.17) is 32.7 Å². The molecule has 0 aliphatic carbocycles. The largest absolute Gasteiger partial charge is 0.454 e. The van der Waals surface area contributed by atoms with Crippen LogP contribution in [-0.4, -0.2) is 57.3 Å². The average Bonchev–Trinajstić information content (AvgIpc) is 3.35. The van der Waals surface area contributed by atoms with Gasteiger partial charge in [-0.15, -0.1) is 0 Å². The SMILES string of the molecule is CCCCNC(=O)C(CC)N(Cc1c(Cl)cccc1Cl)C(=O)CCCN(c1ccc2c(c1)OCO2)S(C)(=O)=O. The van der Waals surface area contributed by atoms with E-state index in [0.717, 1.165) is 19.1 Å². The highest BCUT2D eigenvalue weighted by molar-refractivity contribution is 7.92. The maximum atomic E-state index is 13.6. The molecule has 9 nitrogen and oxygen atoms in total. The molecule has 2 aromatic rings. The topological polar surface area (TPSA) is 105 Å². The van der Waals surface area contributed by atoms with Crippen molar-refractivity contribution in [1.82, 2.24) is 10.2 Å².